The molecule has 1 N–H and O–H groups in total. The lowest BCUT2D eigenvalue weighted by Gasteiger charge is -2.12. The Balaban J connectivity index is 1.33. The standard InChI is InChI=1S/C27H20FN5O5/c1-15-2-8-19-24(35)20(27-31-25(32-38-27)17-5-9-21-22(10-17)37-14-36-21)12-33(26(19)30-15)13-23(34)29-11-16-3-6-18(28)7-4-16/h2-10,12H,11,13-14H2,1H3,(H,29,34). The number of hydrogen-bond donors (Lipinski definition) is 1. The zero-order valence-corrected chi connectivity index (χ0v) is 20.1. The first-order valence-electron chi connectivity index (χ1n) is 11.7. The number of carbonyl (C=O) groups is 1. The number of amides is 1. The van der Waals surface area contributed by atoms with Crippen LogP contribution in [-0.2, 0) is 17.9 Å². The number of aryl methyl sites for hydroxylation is 1. The second kappa shape index (κ2) is 9.43. The van der Waals surface area contributed by atoms with Crippen molar-refractivity contribution < 1.29 is 23.2 Å². The molecule has 4 heterocycles. The minimum Gasteiger partial charge on any atom is -0.454 e. The molecule has 38 heavy (non-hydrogen) atoms. The molecule has 3 aromatic heterocycles. The van der Waals surface area contributed by atoms with Crippen molar-refractivity contribution >= 4 is 16.9 Å². The maximum Gasteiger partial charge on any atom is 0.263 e. The number of benzene rings is 2. The number of aromatic nitrogens is 4. The summed E-state index contributed by atoms with van der Waals surface area (Å²) in [6.45, 7) is 2.04. The van der Waals surface area contributed by atoms with E-state index in [2.05, 4.69) is 20.4 Å². The van der Waals surface area contributed by atoms with Gasteiger partial charge in [-0.2, -0.15) is 4.98 Å². The summed E-state index contributed by atoms with van der Waals surface area (Å²) in [5.41, 5.74) is 2.20. The largest absolute Gasteiger partial charge is 0.454 e. The lowest BCUT2D eigenvalue weighted by molar-refractivity contribution is -0.121. The average molecular weight is 513 g/mol. The van der Waals surface area contributed by atoms with Crippen molar-refractivity contribution in [3.8, 4) is 34.3 Å². The van der Waals surface area contributed by atoms with Crippen LogP contribution in [0.1, 0.15) is 11.3 Å². The minimum atomic E-state index is -0.351. The highest BCUT2D eigenvalue weighted by Gasteiger charge is 2.21. The van der Waals surface area contributed by atoms with E-state index in [4.69, 9.17) is 14.0 Å². The lowest BCUT2D eigenvalue weighted by atomic mass is 10.1. The van der Waals surface area contributed by atoms with Crippen molar-refractivity contribution in [3.63, 3.8) is 0 Å². The summed E-state index contributed by atoms with van der Waals surface area (Å²) < 4.78 is 30.9. The molecule has 6 rings (SSSR count). The molecule has 2 aromatic carbocycles. The highest BCUT2D eigenvalue weighted by atomic mass is 19.1. The molecule has 0 aliphatic carbocycles. The Morgan fingerprint density at radius 2 is 1.87 bits per heavy atom. The Bertz CT molecular complexity index is 1750. The quantitative estimate of drug-likeness (QED) is 0.366. The molecule has 11 heteroatoms. The summed E-state index contributed by atoms with van der Waals surface area (Å²) in [7, 11) is 0. The van der Waals surface area contributed by atoms with Gasteiger partial charge in [0.05, 0.1) is 5.39 Å². The van der Waals surface area contributed by atoms with E-state index in [0.29, 0.717) is 33.8 Å². The Kier molecular flexibility index (Phi) is 5.79. The number of pyridine rings is 2. The molecule has 0 bridgehead atoms. The van der Waals surface area contributed by atoms with Crippen LogP contribution in [0.25, 0.3) is 33.9 Å². The molecule has 0 radical (unpaired) electrons. The van der Waals surface area contributed by atoms with E-state index in [0.717, 1.165) is 5.56 Å². The highest BCUT2D eigenvalue weighted by molar-refractivity contribution is 5.83. The fourth-order valence-electron chi connectivity index (χ4n) is 4.13. The zero-order valence-electron chi connectivity index (χ0n) is 20.1. The Hall–Kier alpha value is -5.06. The van der Waals surface area contributed by atoms with Crippen LogP contribution in [0, 0.1) is 12.7 Å². The van der Waals surface area contributed by atoms with E-state index >= 15 is 0 Å². The minimum absolute atomic E-state index is 0.00520. The molecule has 1 aliphatic rings. The Labute approximate surface area is 214 Å². The van der Waals surface area contributed by atoms with Crippen LogP contribution in [0.3, 0.4) is 0 Å². The first-order valence-corrected chi connectivity index (χ1v) is 11.7. The molecule has 190 valence electrons. The summed E-state index contributed by atoms with van der Waals surface area (Å²) in [5.74, 6) is 0.788. The van der Waals surface area contributed by atoms with Gasteiger partial charge < -0.3 is 23.9 Å². The zero-order chi connectivity index (χ0) is 26.2. The third kappa shape index (κ3) is 4.45. The van der Waals surface area contributed by atoms with Crippen molar-refractivity contribution in [2.24, 2.45) is 0 Å². The summed E-state index contributed by atoms with van der Waals surface area (Å²) in [6, 6.07) is 14.5. The summed E-state index contributed by atoms with van der Waals surface area (Å²) in [6.07, 6.45) is 1.49. The maximum absolute atomic E-state index is 13.4. The third-order valence-corrected chi connectivity index (χ3v) is 6.06. The molecule has 0 fully saturated rings. The van der Waals surface area contributed by atoms with Gasteiger partial charge in [0.2, 0.25) is 24.0 Å². The predicted octanol–water partition coefficient (Wildman–Crippen LogP) is 3.61. The maximum atomic E-state index is 13.4. The van der Waals surface area contributed by atoms with E-state index in [1.54, 1.807) is 54.0 Å². The number of nitrogens with zero attached hydrogens (tertiary/aromatic N) is 4. The van der Waals surface area contributed by atoms with Crippen LogP contribution in [0.4, 0.5) is 4.39 Å². The van der Waals surface area contributed by atoms with Crippen molar-refractivity contribution in [1.29, 1.82) is 0 Å². The molecular formula is C27H20FN5O5. The molecule has 0 saturated carbocycles. The molecule has 0 atom stereocenters. The van der Waals surface area contributed by atoms with Gasteiger partial charge in [-0.05, 0) is 55.0 Å². The number of halogens is 1. The van der Waals surface area contributed by atoms with E-state index in [1.807, 2.05) is 0 Å². The van der Waals surface area contributed by atoms with Crippen molar-refractivity contribution in [1.82, 2.24) is 25.0 Å². The van der Waals surface area contributed by atoms with E-state index in [-0.39, 0.29) is 54.3 Å². The average Bonchev–Trinajstić information content (AvgIpc) is 3.59. The summed E-state index contributed by atoms with van der Waals surface area (Å²) in [4.78, 5) is 35.1. The first-order chi connectivity index (χ1) is 18.4. The van der Waals surface area contributed by atoms with Gasteiger partial charge in [-0.15, -0.1) is 0 Å². The van der Waals surface area contributed by atoms with Crippen LogP contribution in [-0.4, -0.2) is 32.4 Å². The lowest BCUT2D eigenvalue weighted by Crippen LogP contribution is -2.28. The normalized spacial score (nSPS) is 12.2. The van der Waals surface area contributed by atoms with E-state index in [1.165, 1.54) is 18.3 Å². The van der Waals surface area contributed by atoms with E-state index in [9.17, 15) is 14.0 Å². The van der Waals surface area contributed by atoms with Gasteiger partial charge in [-0.25, -0.2) is 9.37 Å². The van der Waals surface area contributed by atoms with Crippen LogP contribution in [0.15, 0.2) is 70.1 Å². The Morgan fingerprint density at radius 1 is 1.05 bits per heavy atom. The van der Waals surface area contributed by atoms with Gasteiger partial charge in [0, 0.05) is 24.0 Å². The monoisotopic (exact) mass is 513 g/mol. The van der Waals surface area contributed by atoms with Crippen molar-refractivity contribution in [2.45, 2.75) is 20.0 Å². The smallest absolute Gasteiger partial charge is 0.263 e. The molecule has 1 aliphatic heterocycles. The number of ether oxygens (including phenoxy) is 2. The fourth-order valence-corrected chi connectivity index (χ4v) is 4.13. The fraction of sp³-hybridized carbons (Fsp3) is 0.148. The van der Waals surface area contributed by atoms with Crippen LogP contribution in [0.5, 0.6) is 11.5 Å². The summed E-state index contributed by atoms with van der Waals surface area (Å²) in [5, 5.41) is 7.14. The van der Waals surface area contributed by atoms with Crippen LogP contribution in [0.2, 0.25) is 0 Å². The number of rotatable bonds is 6. The van der Waals surface area contributed by atoms with Gasteiger partial charge in [0.1, 0.15) is 23.6 Å². The number of carbonyl (C=O) groups excluding carboxylic acids is 1. The van der Waals surface area contributed by atoms with Crippen LogP contribution < -0.4 is 20.2 Å². The second-order valence-corrected chi connectivity index (χ2v) is 8.72. The van der Waals surface area contributed by atoms with Gasteiger partial charge in [0.15, 0.2) is 11.5 Å². The molecule has 0 saturated heterocycles. The van der Waals surface area contributed by atoms with Gasteiger partial charge >= 0.3 is 0 Å². The van der Waals surface area contributed by atoms with Crippen LogP contribution >= 0.6 is 0 Å². The Morgan fingerprint density at radius 3 is 2.71 bits per heavy atom. The van der Waals surface area contributed by atoms with Gasteiger partial charge in [-0.1, -0.05) is 17.3 Å². The molecule has 0 unspecified atom stereocenters. The van der Waals surface area contributed by atoms with Crippen molar-refractivity contribution in [3.05, 3.63) is 88.1 Å². The van der Waals surface area contributed by atoms with Gasteiger partial charge in [-0.3, -0.25) is 9.59 Å². The molecule has 10 nitrogen and oxygen atoms in total. The molecule has 0 spiro atoms. The predicted molar refractivity (Wildman–Crippen MR) is 134 cm³/mol. The number of fused-ring (bicyclic) bond motifs is 2. The van der Waals surface area contributed by atoms with E-state index < -0.39 is 0 Å². The number of nitrogens with one attached hydrogen (secondary N) is 1. The third-order valence-electron chi connectivity index (χ3n) is 6.06. The van der Waals surface area contributed by atoms with Gasteiger partial charge in [0.25, 0.3) is 5.89 Å². The highest BCUT2D eigenvalue weighted by Crippen LogP contribution is 2.35. The number of hydrogen-bond acceptors (Lipinski definition) is 8. The first kappa shape index (κ1) is 23.3. The molecule has 1 amide bonds. The molecule has 5 aromatic rings. The topological polar surface area (TPSA) is 121 Å². The van der Waals surface area contributed by atoms with Crippen molar-refractivity contribution in [2.75, 3.05) is 6.79 Å². The summed E-state index contributed by atoms with van der Waals surface area (Å²) >= 11 is 0. The molecular weight excluding hydrogens is 493 g/mol. The second-order valence-electron chi connectivity index (χ2n) is 8.72. The SMILES string of the molecule is Cc1ccc2c(=O)c(-c3nc(-c4ccc5c(c4)OCO5)no3)cn(CC(=O)NCc3ccc(F)cc3)c2n1.